The molecule has 0 unspecified atom stereocenters. The summed E-state index contributed by atoms with van der Waals surface area (Å²) >= 11 is 4.96. The molecule has 7 heteroatoms. The molecular formula is C10H10N2O3S2. The Morgan fingerprint density at radius 3 is 2.59 bits per heavy atom. The molecule has 0 bridgehead atoms. The Hall–Kier alpha value is -1.47. The number of fused-ring (bicyclic) bond motifs is 1. The first-order valence-corrected chi connectivity index (χ1v) is 7.04. The molecule has 5 nitrogen and oxygen atoms in total. The molecule has 2 rings (SSSR count). The van der Waals surface area contributed by atoms with E-state index in [9.17, 15) is 13.2 Å². The van der Waals surface area contributed by atoms with E-state index in [2.05, 4.69) is 4.98 Å². The van der Waals surface area contributed by atoms with Gasteiger partial charge in [0, 0.05) is 13.3 Å². The summed E-state index contributed by atoms with van der Waals surface area (Å²) in [6, 6.07) is 4.35. The van der Waals surface area contributed by atoms with Crippen molar-refractivity contribution in [1.29, 1.82) is 0 Å². The number of benzene rings is 1. The van der Waals surface area contributed by atoms with E-state index in [0.717, 1.165) is 6.26 Å². The zero-order valence-electron chi connectivity index (χ0n) is 9.22. The second-order valence-electron chi connectivity index (χ2n) is 3.77. The molecule has 0 atom stereocenters. The molecule has 0 aliphatic heterocycles. The maximum Gasteiger partial charge on any atom is 0.261 e. The van der Waals surface area contributed by atoms with Gasteiger partial charge in [0.1, 0.15) is 0 Å². The fourth-order valence-electron chi connectivity index (χ4n) is 1.51. The summed E-state index contributed by atoms with van der Waals surface area (Å²) < 4.78 is 24.4. The summed E-state index contributed by atoms with van der Waals surface area (Å²) in [5.41, 5.74) is 0.222. The lowest BCUT2D eigenvalue weighted by Gasteiger charge is -2.04. The maximum absolute atomic E-state index is 11.9. The topological polar surface area (TPSA) is 71.9 Å². The molecule has 1 N–H and O–H groups in total. The molecule has 2 aromatic rings. The molecule has 1 aromatic heterocycles. The average molecular weight is 270 g/mol. The lowest BCUT2D eigenvalue weighted by atomic mass is 10.2. The Labute approximate surface area is 103 Å². The zero-order valence-corrected chi connectivity index (χ0v) is 10.9. The van der Waals surface area contributed by atoms with Gasteiger partial charge in [-0.2, -0.15) is 0 Å². The van der Waals surface area contributed by atoms with Crippen LogP contribution in [0.4, 0.5) is 0 Å². The second kappa shape index (κ2) is 3.78. The van der Waals surface area contributed by atoms with E-state index in [4.69, 9.17) is 12.2 Å². The molecule has 0 saturated carbocycles. The van der Waals surface area contributed by atoms with Crippen molar-refractivity contribution in [3.8, 4) is 0 Å². The summed E-state index contributed by atoms with van der Waals surface area (Å²) in [7, 11) is -1.79. The van der Waals surface area contributed by atoms with Crippen molar-refractivity contribution < 1.29 is 8.42 Å². The van der Waals surface area contributed by atoms with Gasteiger partial charge in [-0.25, -0.2) is 8.42 Å². The van der Waals surface area contributed by atoms with E-state index in [1.165, 1.54) is 23.7 Å². The molecule has 1 heterocycles. The minimum absolute atomic E-state index is 0.118. The summed E-state index contributed by atoms with van der Waals surface area (Å²) in [5.74, 6) is 0. The van der Waals surface area contributed by atoms with Crippen LogP contribution in [0.15, 0.2) is 27.9 Å². The number of nitrogens with zero attached hydrogens (tertiary/aromatic N) is 1. The molecule has 0 aliphatic rings. The quantitative estimate of drug-likeness (QED) is 0.785. The smallest absolute Gasteiger partial charge is 0.261 e. The Balaban J connectivity index is 2.98. The van der Waals surface area contributed by atoms with E-state index < -0.39 is 9.84 Å². The summed E-state index contributed by atoms with van der Waals surface area (Å²) in [6.45, 7) is 0. The van der Waals surface area contributed by atoms with Gasteiger partial charge in [-0.05, 0) is 30.4 Å². The lowest BCUT2D eigenvalue weighted by molar-refractivity contribution is 0.602. The largest absolute Gasteiger partial charge is 0.332 e. The van der Waals surface area contributed by atoms with E-state index >= 15 is 0 Å². The van der Waals surface area contributed by atoms with E-state index in [0.29, 0.717) is 15.7 Å². The van der Waals surface area contributed by atoms with E-state index in [1.807, 2.05) is 0 Å². The standard InChI is InChI=1S/C10H10N2O3S2/c1-12-9(13)7-5-6(17(2,14)15)3-4-8(7)11-10(12)16/h3-5H,1-2H3,(H,11,16). The summed E-state index contributed by atoms with van der Waals surface area (Å²) in [5, 5.41) is 0.309. The van der Waals surface area contributed by atoms with E-state index in [1.54, 1.807) is 6.07 Å². The van der Waals surface area contributed by atoms with Crippen LogP contribution in [0.2, 0.25) is 0 Å². The van der Waals surface area contributed by atoms with Gasteiger partial charge in [0.05, 0.1) is 15.8 Å². The van der Waals surface area contributed by atoms with Crippen LogP contribution in [0, 0.1) is 4.77 Å². The van der Waals surface area contributed by atoms with Crippen LogP contribution in [0.5, 0.6) is 0 Å². The van der Waals surface area contributed by atoms with Gasteiger partial charge in [-0.15, -0.1) is 0 Å². The van der Waals surface area contributed by atoms with Gasteiger partial charge in [-0.1, -0.05) is 0 Å². The van der Waals surface area contributed by atoms with Gasteiger partial charge in [0.25, 0.3) is 5.56 Å². The molecule has 90 valence electrons. The van der Waals surface area contributed by atoms with Gasteiger partial charge in [0.2, 0.25) is 0 Å². The van der Waals surface area contributed by atoms with Crippen LogP contribution in [0.1, 0.15) is 0 Å². The minimum Gasteiger partial charge on any atom is -0.332 e. The SMILES string of the molecule is Cn1c(=S)[nH]c2ccc(S(C)(=O)=O)cc2c1=O. The van der Waals surface area contributed by atoms with Gasteiger partial charge in [-0.3, -0.25) is 9.36 Å². The second-order valence-corrected chi connectivity index (χ2v) is 6.18. The highest BCUT2D eigenvalue weighted by molar-refractivity contribution is 7.90. The molecule has 0 amide bonds. The van der Waals surface area contributed by atoms with Crippen LogP contribution in [0.25, 0.3) is 10.9 Å². The van der Waals surface area contributed by atoms with Gasteiger partial charge >= 0.3 is 0 Å². The molecular weight excluding hydrogens is 260 g/mol. The zero-order chi connectivity index (χ0) is 12.8. The third-order valence-corrected chi connectivity index (χ3v) is 3.99. The minimum atomic E-state index is -3.32. The van der Waals surface area contributed by atoms with Crippen LogP contribution >= 0.6 is 12.2 Å². The number of rotatable bonds is 1. The fourth-order valence-corrected chi connectivity index (χ4v) is 2.35. The number of nitrogens with one attached hydrogen (secondary N) is 1. The van der Waals surface area contributed by atoms with E-state index in [-0.39, 0.29) is 10.5 Å². The molecule has 0 radical (unpaired) electrons. The molecule has 0 aliphatic carbocycles. The van der Waals surface area contributed by atoms with Crippen LogP contribution in [-0.2, 0) is 16.9 Å². The number of hydrogen-bond acceptors (Lipinski definition) is 4. The van der Waals surface area contributed by atoms with Crippen molar-refractivity contribution >= 4 is 33.0 Å². The van der Waals surface area contributed by atoms with Crippen molar-refractivity contribution in [2.45, 2.75) is 4.90 Å². The van der Waals surface area contributed by atoms with Crippen LogP contribution in [-0.4, -0.2) is 24.2 Å². The first kappa shape index (κ1) is 12.0. The lowest BCUT2D eigenvalue weighted by Crippen LogP contribution is -2.18. The molecule has 0 fully saturated rings. The monoisotopic (exact) mass is 270 g/mol. The number of hydrogen-bond donors (Lipinski definition) is 1. The highest BCUT2D eigenvalue weighted by Gasteiger charge is 2.10. The Morgan fingerprint density at radius 2 is 2.00 bits per heavy atom. The van der Waals surface area contributed by atoms with Crippen molar-refractivity contribution in [2.24, 2.45) is 7.05 Å². The van der Waals surface area contributed by atoms with Gasteiger partial charge in [0.15, 0.2) is 14.6 Å². The van der Waals surface area contributed by atoms with Crippen LogP contribution in [0.3, 0.4) is 0 Å². The van der Waals surface area contributed by atoms with Crippen molar-refractivity contribution in [1.82, 2.24) is 9.55 Å². The Bertz CT molecular complexity index is 816. The predicted octanol–water partition coefficient (Wildman–Crippen LogP) is 1.000. The molecule has 0 spiro atoms. The number of aromatic nitrogens is 2. The Kier molecular flexibility index (Phi) is 2.67. The average Bonchev–Trinajstić information content (AvgIpc) is 2.24. The summed E-state index contributed by atoms with van der Waals surface area (Å²) in [6.07, 6.45) is 1.10. The van der Waals surface area contributed by atoms with Crippen molar-refractivity contribution in [3.63, 3.8) is 0 Å². The molecule has 0 saturated heterocycles. The third-order valence-electron chi connectivity index (χ3n) is 2.50. The highest BCUT2D eigenvalue weighted by atomic mass is 32.2. The highest BCUT2D eigenvalue weighted by Crippen LogP contribution is 2.14. The third kappa shape index (κ3) is 2.03. The normalized spacial score (nSPS) is 11.9. The van der Waals surface area contributed by atoms with Crippen molar-refractivity contribution in [3.05, 3.63) is 33.3 Å². The molecule has 1 aromatic carbocycles. The first-order valence-electron chi connectivity index (χ1n) is 4.74. The van der Waals surface area contributed by atoms with Crippen LogP contribution < -0.4 is 5.56 Å². The number of sulfone groups is 1. The number of aromatic amines is 1. The first-order chi connectivity index (χ1) is 7.80. The maximum atomic E-state index is 11.9. The Morgan fingerprint density at radius 1 is 1.35 bits per heavy atom. The number of H-pyrrole nitrogens is 1. The predicted molar refractivity (Wildman–Crippen MR) is 67.5 cm³/mol. The molecule has 17 heavy (non-hydrogen) atoms. The van der Waals surface area contributed by atoms with Gasteiger partial charge < -0.3 is 4.98 Å². The fraction of sp³-hybridized carbons (Fsp3) is 0.200. The summed E-state index contributed by atoms with van der Waals surface area (Å²) in [4.78, 5) is 14.9. The van der Waals surface area contributed by atoms with Crippen molar-refractivity contribution in [2.75, 3.05) is 6.26 Å².